The Balaban J connectivity index is 1.36. The molecule has 2 N–H and O–H groups in total. The fraction of sp³-hybridized carbons (Fsp3) is 0.714. The number of aromatic nitrogens is 1. The van der Waals surface area contributed by atoms with Gasteiger partial charge >= 0.3 is 0 Å². The minimum atomic E-state index is -0.506. The predicted molar refractivity (Wildman–Crippen MR) is 104 cm³/mol. The van der Waals surface area contributed by atoms with Gasteiger partial charge in [0, 0.05) is 38.1 Å². The second-order valence-electron chi connectivity index (χ2n) is 8.37. The molecule has 4 rings (SSSR count). The van der Waals surface area contributed by atoms with Crippen molar-refractivity contribution in [3.8, 4) is 0 Å². The van der Waals surface area contributed by atoms with Crippen molar-refractivity contribution < 1.29 is 19.4 Å². The van der Waals surface area contributed by atoms with Gasteiger partial charge in [-0.05, 0) is 49.3 Å². The smallest absolute Gasteiger partial charge is 0.222 e. The Morgan fingerprint density at radius 1 is 1.21 bits per heavy atom. The zero-order valence-electron chi connectivity index (χ0n) is 16.3. The summed E-state index contributed by atoms with van der Waals surface area (Å²) < 4.78 is 12.0. The van der Waals surface area contributed by atoms with Crippen LogP contribution in [0.2, 0.25) is 0 Å². The van der Waals surface area contributed by atoms with Crippen molar-refractivity contribution in [3.05, 3.63) is 30.1 Å². The third kappa shape index (κ3) is 5.50. The van der Waals surface area contributed by atoms with Crippen molar-refractivity contribution in [3.63, 3.8) is 0 Å². The van der Waals surface area contributed by atoms with E-state index in [2.05, 4.69) is 15.2 Å². The van der Waals surface area contributed by atoms with Crippen LogP contribution >= 0.6 is 0 Å². The molecule has 1 aromatic rings. The summed E-state index contributed by atoms with van der Waals surface area (Å²) in [7, 11) is 0. The number of rotatable bonds is 6. The Labute approximate surface area is 166 Å². The van der Waals surface area contributed by atoms with Crippen LogP contribution in [-0.4, -0.2) is 71.6 Å². The van der Waals surface area contributed by atoms with Crippen LogP contribution in [-0.2, 0) is 20.8 Å². The number of hydrogen-bond acceptors (Lipinski definition) is 6. The van der Waals surface area contributed by atoms with Crippen LogP contribution in [0.4, 0.5) is 0 Å². The molecule has 3 fully saturated rings. The number of β-amino-alcohol motifs (C(OH)–C–C–N with tert-alkyl or cyclic N) is 1. The van der Waals surface area contributed by atoms with Crippen LogP contribution in [0.5, 0.6) is 0 Å². The lowest BCUT2D eigenvalue weighted by molar-refractivity contribution is -0.158. The van der Waals surface area contributed by atoms with Crippen molar-refractivity contribution in [1.29, 1.82) is 0 Å². The van der Waals surface area contributed by atoms with Gasteiger partial charge < -0.3 is 19.9 Å². The molecule has 0 spiro atoms. The molecule has 1 amide bonds. The van der Waals surface area contributed by atoms with Gasteiger partial charge in [-0.1, -0.05) is 0 Å². The average molecular weight is 389 g/mol. The molecule has 1 saturated carbocycles. The van der Waals surface area contributed by atoms with E-state index in [1.807, 2.05) is 12.1 Å². The minimum Gasteiger partial charge on any atom is -0.389 e. The van der Waals surface area contributed by atoms with Crippen LogP contribution in [0.3, 0.4) is 0 Å². The molecule has 0 unspecified atom stereocenters. The summed E-state index contributed by atoms with van der Waals surface area (Å²) in [4.78, 5) is 18.6. The van der Waals surface area contributed by atoms with Crippen molar-refractivity contribution in [2.45, 2.75) is 63.0 Å². The Kier molecular flexibility index (Phi) is 6.57. The number of ether oxygens (including phenoxy) is 2. The zero-order valence-corrected chi connectivity index (χ0v) is 16.3. The van der Waals surface area contributed by atoms with Gasteiger partial charge in [0.25, 0.3) is 0 Å². The van der Waals surface area contributed by atoms with E-state index in [4.69, 9.17) is 9.47 Å². The summed E-state index contributed by atoms with van der Waals surface area (Å²) in [6.45, 7) is 2.87. The van der Waals surface area contributed by atoms with E-state index in [-0.39, 0.29) is 24.2 Å². The second kappa shape index (κ2) is 9.31. The highest BCUT2D eigenvalue weighted by molar-refractivity contribution is 5.76. The van der Waals surface area contributed by atoms with E-state index in [0.717, 1.165) is 25.9 Å². The Bertz CT molecular complexity index is 640. The SMILES string of the molecule is O=C(C[C@H]1CC[C@H]2[C@@H](COC[C@@H](O)CN2Cc2ccncc2)O1)NCC1CC1. The van der Waals surface area contributed by atoms with Gasteiger partial charge in [-0.15, -0.1) is 0 Å². The summed E-state index contributed by atoms with van der Waals surface area (Å²) >= 11 is 0. The molecule has 154 valence electrons. The van der Waals surface area contributed by atoms with Crippen LogP contribution in [0.15, 0.2) is 24.5 Å². The fourth-order valence-corrected chi connectivity index (χ4v) is 4.21. The average Bonchev–Trinajstić information content (AvgIpc) is 3.50. The van der Waals surface area contributed by atoms with E-state index < -0.39 is 6.10 Å². The molecule has 2 aliphatic heterocycles. The van der Waals surface area contributed by atoms with Crippen LogP contribution < -0.4 is 5.32 Å². The molecular formula is C21H31N3O4. The quantitative estimate of drug-likeness (QED) is 0.758. The standard InChI is InChI=1S/C21H31N3O4/c25-17-12-24(11-16-5-7-22-8-6-16)19-4-3-18(28-20(19)14-27-13-17)9-21(26)23-10-15-1-2-15/h5-8,15,17-20,25H,1-4,9-14H2,(H,23,26)/t17-,18+,19-,20+/m0/s1. The normalized spacial score (nSPS) is 31.5. The molecule has 2 saturated heterocycles. The Morgan fingerprint density at radius 3 is 2.82 bits per heavy atom. The van der Waals surface area contributed by atoms with Crippen molar-refractivity contribution in [1.82, 2.24) is 15.2 Å². The fourth-order valence-electron chi connectivity index (χ4n) is 4.21. The molecular weight excluding hydrogens is 358 g/mol. The van der Waals surface area contributed by atoms with E-state index in [0.29, 0.717) is 32.1 Å². The first-order chi connectivity index (χ1) is 13.7. The number of carbonyl (C=O) groups excluding carboxylic acids is 1. The van der Waals surface area contributed by atoms with Gasteiger partial charge in [-0.3, -0.25) is 14.7 Å². The number of pyridine rings is 1. The number of carbonyl (C=O) groups is 1. The molecule has 0 bridgehead atoms. The first-order valence-electron chi connectivity index (χ1n) is 10.5. The monoisotopic (exact) mass is 389 g/mol. The topological polar surface area (TPSA) is 83.9 Å². The number of hydrogen-bond donors (Lipinski definition) is 2. The molecule has 4 atom stereocenters. The highest BCUT2D eigenvalue weighted by Gasteiger charge is 2.38. The predicted octanol–water partition coefficient (Wildman–Crippen LogP) is 1.11. The highest BCUT2D eigenvalue weighted by atomic mass is 16.5. The summed E-state index contributed by atoms with van der Waals surface area (Å²) in [5.74, 6) is 0.777. The van der Waals surface area contributed by atoms with Gasteiger partial charge in [0.15, 0.2) is 0 Å². The summed E-state index contributed by atoms with van der Waals surface area (Å²) in [5.41, 5.74) is 1.17. The largest absolute Gasteiger partial charge is 0.389 e. The third-order valence-electron chi connectivity index (χ3n) is 5.92. The number of nitrogens with one attached hydrogen (secondary N) is 1. The maximum Gasteiger partial charge on any atom is 0.222 e. The lowest BCUT2D eigenvalue weighted by Crippen LogP contribution is -2.55. The van der Waals surface area contributed by atoms with Crippen LogP contribution in [0.25, 0.3) is 0 Å². The molecule has 7 nitrogen and oxygen atoms in total. The van der Waals surface area contributed by atoms with Gasteiger partial charge in [-0.2, -0.15) is 0 Å². The number of nitrogens with zero attached hydrogens (tertiary/aromatic N) is 2. The highest BCUT2D eigenvalue weighted by Crippen LogP contribution is 2.29. The summed E-state index contributed by atoms with van der Waals surface area (Å²) in [6.07, 6.45) is 7.62. The lowest BCUT2D eigenvalue weighted by atomic mass is 9.94. The second-order valence-corrected chi connectivity index (χ2v) is 8.37. The van der Waals surface area contributed by atoms with Gasteiger partial charge in [-0.25, -0.2) is 0 Å². The molecule has 1 aromatic heterocycles. The van der Waals surface area contributed by atoms with E-state index >= 15 is 0 Å². The first-order valence-corrected chi connectivity index (χ1v) is 10.5. The number of aliphatic hydroxyl groups excluding tert-OH is 1. The number of aliphatic hydroxyl groups is 1. The number of amides is 1. The van der Waals surface area contributed by atoms with E-state index in [9.17, 15) is 9.90 Å². The van der Waals surface area contributed by atoms with Crippen LogP contribution in [0, 0.1) is 5.92 Å². The van der Waals surface area contributed by atoms with Crippen molar-refractivity contribution in [2.75, 3.05) is 26.3 Å². The molecule has 28 heavy (non-hydrogen) atoms. The van der Waals surface area contributed by atoms with Crippen molar-refractivity contribution >= 4 is 5.91 Å². The van der Waals surface area contributed by atoms with E-state index in [1.54, 1.807) is 12.4 Å². The molecule has 3 heterocycles. The van der Waals surface area contributed by atoms with Gasteiger partial charge in [0.2, 0.25) is 5.91 Å². The van der Waals surface area contributed by atoms with Gasteiger partial charge in [0.05, 0.1) is 37.9 Å². The molecule has 0 aromatic carbocycles. The van der Waals surface area contributed by atoms with Crippen molar-refractivity contribution in [2.24, 2.45) is 5.92 Å². The Hall–Kier alpha value is -1.54. The Morgan fingerprint density at radius 2 is 2.04 bits per heavy atom. The molecule has 3 aliphatic rings. The van der Waals surface area contributed by atoms with Gasteiger partial charge in [0.1, 0.15) is 0 Å². The zero-order chi connectivity index (χ0) is 19.3. The molecule has 7 heteroatoms. The van der Waals surface area contributed by atoms with E-state index in [1.165, 1.54) is 18.4 Å². The molecule has 1 aliphatic carbocycles. The summed E-state index contributed by atoms with van der Waals surface area (Å²) in [5, 5.41) is 13.3. The first kappa shape index (κ1) is 19.8. The minimum absolute atomic E-state index is 0.0591. The number of fused-ring (bicyclic) bond motifs is 1. The summed E-state index contributed by atoms with van der Waals surface area (Å²) in [6, 6.07) is 4.19. The maximum absolute atomic E-state index is 12.2. The third-order valence-corrected chi connectivity index (χ3v) is 5.92. The van der Waals surface area contributed by atoms with Crippen LogP contribution in [0.1, 0.15) is 37.7 Å². The maximum atomic E-state index is 12.2. The lowest BCUT2D eigenvalue weighted by Gasteiger charge is -2.44. The molecule has 0 radical (unpaired) electrons.